The van der Waals surface area contributed by atoms with E-state index in [1.54, 1.807) is 0 Å². The van der Waals surface area contributed by atoms with Gasteiger partial charge in [0.25, 0.3) is 0 Å². The van der Waals surface area contributed by atoms with Gasteiger partial charge in [0.2, 0.25) is 0 Å². The largest absolute Gasteiger partial charge is 0.399 e. The highest BCUT2D eigenvalue weighted by Crippen LogP contribution is 2.25. The van der Waals surface area contributed by atoms with Crippen LogP contribution >= 0.6 is 0 Å². The minimum absolute atomic E-state index is 0.337. The van der Waals surface area contributed by atoms with Gasteiger partial charge < -0.3 is 5.73 Å². The van der Waals surface area contributed by atoms with Crippen molar-refractivity contribution in [3.05, 3.63) is 29.3 Å². The molecule has 0 radical (unpaired) electrons. The maximum Gasteiger partial charge on any atom is 0.150 e. The summed E-state index contributed by atoms with van der Waals surface area (Å²) >= 11 is 0. The number of hydrogen-bond donors (Lipinski definition) is 1. The molecule has 3 nitrogen and oxygen atoms in total. The third kappa shape index (κ3) is 3.22. The fourth-order valence-corrected chi connectivity index (χ4v) is 3.95. The first-order valence-corrected chi connectivity index (χ1v) is 7.84. The predicted octanol–water partition coefficient (Wildman–Crippen LogP) is 1.94. The molecular weight excluding hydrogens is 234 g/mol. The third-order valence-corrected chi connectivity index (χ3v) is 5.20. The Balaban J connectivity index is 2.05. The van der Waals surface area contributed by atoms with Gasteiger partial charge in [-0.2, -0.15) is 0 Å². The van der Waals surface area contributed by atoms with Gasteiger partial charge in [0.05, 0.1) is 11.5 Å². The molecule has 1 fully saturated rings. The van der Waals surface area contributed by atoms with Crippen LogP contribution in [0.3, 0.4) is 0 Å². The molecule has 0 unspecified atom stereocenters. The highest BCUT2D eigenvalue weighted by molar-refractivity contribution is 7.91. The minimum atomic E-state index is -2.76. The summed E-state index contributed by atoms with van der Waals surface area (Å²) in [5.41, 5.74) is 9.13. The number of rotatable bonds is 2. The van der Waals surface area contributed by atoms with Crippen LogP contribution in [0.5, 0.6) is 0 Å². The van der Waals surface area contributed by atoms with Crippen LogP contribution in [0.2, 0.25) is 0 Å². The number of nitrogen functional groups attached to an aromatic ring is 1. The summed E-state index contributed by atoms with van der Waals surface area (Å²) in [6.07, 6.45) is 2.45. The molecular formula is C13H19NO2S. The molecule has 1 aromatic rings. The average Bonchev–Trinajstić information content (AvgIpc) is 2.26. The molecule has 0 aliphatic carbocycles. The van der Waals surface area contributed by atoms with Crippen molar-refractivity contribution in [2.24, 2.45) is 5.92 Å². The maximum atomic E-state index is 11.3. The number of hydrogen-bond acceptors (Lipinski definition) is 3. The van der Waals surface area contributed by atoms with Crippen LogP contribution in [0.4, 0.5) is 5.69 Å². The quantitative estimate of drug-likeness (QED) is 0.819. The average molecular weight is 253 g/mol. The second kappa shape index (κ2) is 4.69. The molecule has 0 aromatic heterocycles. The molecule has 1 aliphatic heterocycles. The van der Waals surface area contributed by atoms with Crippen LogP contribution in [-0.4, -0.2) is 19.9 Å². The van der Waals surface area contributed by atoms with Crippen molar-refractivity contribution in [1.29, 1.82) is 0 Å². The van der Waals surface area contributed by atoms with Crippen molar-refractivity contribution in [3.63, 3.8) is 0 Å². The number of aryl methyl sites for hydroxylation is 1. The van der Waals surface area contributed by atoms with Crippen molar-refractivity contribution >= 4 is 15.5 Å². The lowest BCUT2D eigenvalue weighted by atomic mass is 9.92. The molecule has 2 rings (SSSR count). The first-order valence-electron chi connectivity index (χ1n) is 6.02. The molecule has 17 heavy (non-hydrogen) atoms. The summed E-state index contributed by atoms with van der Waals surface area (Å²) in [4.78, 5) is 0. The molecule has 1 saturated heterocycles. The lowest BCUT2D eigenvalue weighted by molar-refractivity contribution is 0.463. The molecule has 0 bridgehead atoms. The van der Waals surface area contributed by atoms with Gasteiger partial charge in [0.15, 0.2) is 0 Å². The van der Waals surface area contributed by atoms with Gasteiger partial charge >= 0.3 is 0 Å². The van der Waals surface area contributed by atoms with E-state index in [9.17, 15) is 8.42 Å². The lowest BCUT2D eigenvalue weighted by Crippen LogP contribution is -2.24. The highest BCUT2D eigenvalue weighted by atomic mass is 32.2. The molecule has 0 amide bonds. The van der Waals surface area contributed by atoms with Crippen LogP contribution in [0, 0.1) is 12.8 Å². The predicted molar refractivity (Wildman–Crippen MR) is 70.7 cm³/mol. The zero-order chi connectivity index (χ0) is 12.5. The fraction of sp³-hybridized carbons (Fsp3) is 0.538. The second-order valence-corrected chi connectivity index (χ2v) is 7.31. The van der Waals surface area contributed by atoms with E-state index in [4.69, 9.17) is 5.73 Å². The summed E-state index contributed by atoms with van der Waals surface area (Å²) in [5, 5.41) is 0. The zero-order valence-electron chi connectivity index (χ0n) is 10.1. The second-order valence-electron chi connectivity index (χ2n) is 5.00. The van der Waals surface area contributed by atoms with E-state index in [0.29, 0.717) is 17.4 Å². The summed E-state index contributed by atoms with van der Waals surface area (Å²) < 4.78 is 22.7. The van der Waals surface area contributed by atoms with Gasteiger partial charge in [-0.05, 0) is 43.7 Å². The molecule has 1 aromatic carbocycles. The molecule has 4 heteroatoms. The molecule has 94 valence electrons. The summed E-state index contributed by atoms with van der Waals surface area (Å²) in [5.74, 6) is 1.13. The zero-order valence-corrected chi connectivity index (χ0v) is 11.0. The van der Waals surface area contributed by atoms with E-state index in [1.165, 1.54) is 5.56 Å². The first-order chi connectivity index (χ1) is 7.96. The van der Waals surface area contributed by atoms with E-state index < -0.39 is 9.84 Å². The Kier molecular flexibility index (Phi) is 3.43. The molecule has 1 aliphatic rings. The fourth-order valence-electron chi connectivity index (χ4n) is 2.37. The first kappa shape index (κ1) is 12.4. The third-order valence-electron chi connectivity index (χ3n) is 3.48. The van der Waals surface area contributed by atoms with E-state index in [2.05, 4.69) is 6.07 Å². The van der Waals surface area contributed by atoms with Crippen LogP contribution < -0.4 is 5.73 Å². The minimum Gasteiger partial charge on any atom is -0.399 e. The van der Waals surface area contributed by atoms with Gasteiger partial charge in [-0.3, -0.25) is 0 Å². The van der Waals surface area contributed by atoms with Crippen molar-refractivity contribution < 1.29 is 8.42 Å². The van der Waals surface area contributed by atoms with Crippen LogP contribution in [0.15, 0.2) is 18.2 Å². The maximum absolute atomic E-state index is 11.3. The van der Waals surface area contributed by atoms with Crippen molar-refractivity contribution in [2.45, 2.75) is 26.2 Å². The molecule has 0 saturated carbocycles. The topological polar surface area (TPSA) is 60.2 Å². The Morgan fingerprint density at radius 1 is 1.29 bits per heavy atom. The molecule has 1 heterocycles. The molecule has 0 spiro atoms. The Hall–Kier alpha value is -1.03. The van der Waals surface area contributed by atoms with E-state index in [-0.39, 0.29) is 0 Å². The van der Waals surface area contributed by atoms with E-state index in [0.717, 1.165) is 30.5 Å². The van der Waals surface area contributed by atoms with Gasteiger partial charge in [-0.1, -0.05) is 17.7 Å². The Morgan fingerprint density at radius 2 is 1.94 bits per heavy atom. The van der Waals surface area contributed by atoms with Crippen molar-refractivity contribution in [1.82, 2.24) is 0 Å². The van der Waals surface area contributed by atoms with Crippen molar-refractivity contribution in [3.8, 4) is 0 Å². The van der Waals surface area contributed by atoms with Crippen LogP contribution in [0.25, 0.3) is 0 Å². The number of anilines is 1. The van der Waals surface area contributed by atoms with E-state index >= 15 is 0 Å². The normalized spacial score (nSPS) is 20.3. The summed E-state index contributed by atoms with van der Waals surface area (Å²) in [6.45, 7) is 2.05. The molecule has 0 atom stereocenters. The highest BCUT2D eigenvalue weighted by Gasteiger charge is 2.24. The van der Waals surface area contributed by atoms with Gasteiger partial charge in [0, 0.05) is 5.69 Å². The Bertz CT molecular complexity index is 494. The summed E-state index contributed by atoms with van der Waals surface area (Å²) in [6, 6.07) is 6.05. The van der Waals surface area contributed by atoms with Crippen LogP contribution in [-0.2, 0) is 16.3 Å². The molecule has 2 N–H and O–H groups in total. The van der Waals surface area contributed by atoms with Gasteiger partial charge in [-0.25, -0.2) is 8.42 Å². The number of nitrogens with two attached hydrogens (primary N) is 1. The number of sulfone groups is 1. The van der Waals surface area contributed by atoms with Gasteiger partial charge in [-0.15, -0.1) is 0 Å². The Labute approximate surface area is 103 Å². The van der Waals surface area contributed by atoms with Gasteiger partial charge in [0.1, 0.15) is 9.84 Å². The monoisotopic (exact) mass is 253 g/mol. The van der Waals surface area contributed by atoms with Crippen molar-refractivity contribution in [2.75, 3.05) is 17.2 Å². The lowest BCUT2D eigenvalue weighted by Gasteiger charge is -2.22. The summed E-state index contributed by atoms with van der Waals surface area (Å²) in [7, 11) is -2.76. The van der Waals surface area contributed by atoms with E-state index in [1.807, 2.05) is 19.1 Å². The smallest absolute Gasteiger partial charge is 0.150 e. The Morgan fingerprint density at radius 3 is 2.59 bits per heavy atom. The van der Waals surface area contributed by atoms with Crippen LogP contribution in [0.1, 0.15) is 24.0 Å². The standard InChI is InChI=1S/C13H19NO2S/c1-10-2-3-13(14)12(8-10)9-11-4-6-17(15,16)7-5-11/h2-3,8,11H,4-7,9,14H2,1H3. The SMILES string of the molecule is Cc1ccc(N)c(CC2CCS(=O)(=O)CC2)c1. The number of benzene rings is 1.